The van der Waals surface area contributed by atoms with Crippen LogP contribution in [0.4, 0.5) is 0 Å². The van der Waals surface area contributed by atoms with Gasteiger partial charge in [0.05, 0.1) is 0 Å². The van der Waals surface area contributed by atoms with Crippen molar-refractivity contribution in [1.29, 1.82) is 0 Å². The molecule has 26 heavy (non-hydrogen) atoms. The summed E-state index contributed by atoms with van der Waals surface area (Å²) < 4.78 is 5.95. The summed E-state index contributed by atoms with van der Waals surface area (Å²) in [7, 11) is 0. The first-order valence-corrected chi connectivity index (χ1v) is 9.19. The van der Waals surface area contributed by atoms with Crippen LogP contribution in [0.5, 0.6) is 5.75 Å². The number of unbranched alkanes of at least 4 members (excludes halogenated alkanes) is 1. The predicted molar refractivity (Wildman–Crippen MR) is 104 cm³/mol. The van der Waals surface area contributed by atoms with Crippen LogP contribution in [0.3, 0.4) is 0 Å². The third-order valence-corrected chi connectivity index (χ3v) is 4.35. The Morgan fingerprint density at radius 3 is 2.62 bits per heavy atom. The number of hydrogen-bond donors (Lipinski definition) is 2. The number of pyridine rings is 1. The van der Waals surface area contributed by atoms with Crippen molar-refractivity contribution >= 4 is 5.91 Å². The van der Waals surface area contributed by atoms with Crippen molar-refractivity contribution in [2.24, 2.45) is 5.73 Å². The second-order valence-corrected chi connectivity index (χ2v) is 6.64. The predicted octanol–water partition coefficient (Wildman–Crippen LogP) is 3.52. The molecule has 0 fully saturated rings. The normalized spacial score (nSPS) is 11.8. The monoisotopic (exact) mass is 355 g/mol. The Morgan fingerprint density at radius 2 is 2.04 bits per heavy atom. The molecule has 5 heteroatoms. The molecule has 140 valence electrons. The number of carbonyl (C=O) groups excluding carboxylic acids is 1. The molecule has 1 unspecified atom stereocenters. The van der Waals surface area contributed by atoms with Crippen LogP contribution in [0, 0.1) is 13.8 Å². The molecule has 1 aromatic carbocycles. The fourth-order valence-electron chi connectivity index (χ4n) is 2.92. The molecule has 1 heterocycles. The number of ether oxygens (including phenoxy) is 1. The summed E-state index contributed by atoms with van der Waals surface area (Å²) in [5, 5.41) is 3.04. The van der Waals surface area contributed by atoms with Crippen LogP contribution >= 0.6 is 0 Å². The standard InChI is InChI=1S/C21H29N3O2/c1-4-5-8-19(12-22)24-21(25)18-10-15(2)20(16(3)11-18)26-14-17-7-6-9-23-13-17/h6-7,9-11,13,19H,4-5,8,12,14,22H2,1-3H3,(H,24,25). The second kappa shape index (κ2) is 9.92. The zero-order valence-corrected chi connectivity index (χ0v) is 15.9. The first kappa shape index (κ1) is 19.9. The molecule has 0 aliphatic carbocycles. The maximum atomic E-state index is 12.6. The van der Waals surface area contributed by atoms with Gasteiger partial charge in [-0.05, 0) is 49.6 Å². The number of nitrogens with two attached hydrogens (primary N) is 1. The number of nitrogens with one attached hydrogen (secondary N) is 1. The van der Waals surface area contributed by atoms with Gasteiger partial charge in [0.2, 0.25) is 0 Å². The van der Waals surface area contributed by atoms with Crippen LogP contribution in [0.1, 0.15) is 53.2 Å². The van der Waals surface area contributed by atoms with Crippen molar-refractivity contribution in [2.45, 2.75) is 52.7 Å². The van der Waals surface area contributed by atoms with E-state index in [2.05, 4.69) is 17.2 Å². The topological polar surface area (TPSA) is 77.2 Å². The molecule has 5 nitrogen and oxygen atoms in total. The molecule has 1 amide bonds. The molecule has 2 aromatic rings. The third-order valence-electron chi connectivity index (χ3n) is 4.35. The molecular weight excluding hydrogens is 326 g/mol. The Morgan fingerprint density at radius 1 is 1.31 bits per heavy atom. The Kier molecular flexibility index (Phi) is 7.60. The lowest BCUT2D eigenvalue weighted by Gasteiger charge is -2.18. The summed E-state index contributed by atoms with van der Waals surface area (Å²) in [4.78, 5) is 16.6. The van der Waals surface area contributed by atoms with Crippen LogP contribution in [-0.4, -0.2) is 23.5 Å². The molecule has 0 aliphatic rings. The Hall–Kier alpha value is -2.40. The van der Waals surface area contributed by atoms with E-state index in [0.717, 1.165) is 41.7 Å². The number of aryl methyl sites for hydroxylation is 2. The number of aromatic nitrogens is 1. The van der Waals surface area contributed by atoms with Gasteiger partial charge in [-0.3, -0.25) is 9.78 Å². The molecule has 3 N–H and O–H groups in total. The van der Waals surface area contributed by atoms with Gasteiger partial charge in [-0.15, -0.1) is 0 Å². The summed E-state index contributed by atoms with van der Waals surface area (Å²) in [5.41, 5.74) is 9.31. The minimum atomic E-state index is -0.0819. The highest BCUT2D eigenvalue weighted by Crippen LogP contribution is 2.26. The van der Waals surface area contributed by atoms with E-state index in [-0.39, 0.29) is 11.9 Å². The number of benzene rings is 1. The number of carbonyl (C=O) groups is 1. The highest BCUT2D eigenvalue weighted by atomic mass is 16.5. The SMILES string of the molecule is CCCCC(CN)NC(=O)c1cc(C)c(OCc2cccnc2)c(C)c1. The van der Waals surface area contributed by atoms with Gasteiger partial charge >= 0.3 is 0 Å². The van der Waals surface area contributed by atoms with Gasteiger partial charge in [-0.2, -0.15) is 0 Å². The lowest BCUT2D eigenvalue weighted by molar-refractivity contribution is 0.0935. The van der Waals surface area contributed by atoms with Gasteiger partial charge < -0.3 is 15.8 Å². The number of rotatable bonds is 9. The van der Waals surface area contributed by atoms with Crippen LogP contribution in [0.2, 0.25) is 0 Å². The summed E-state index contributed by atoms with van der Waals surface area (Å²) in [6.07, 6.45) is 6.58. The van der Waals surface area contributed by atoms with E-state index in [4.69, 9.17) is 10.5 Å². The molecule has 1 aromatic heterocycles. The highest BCUT2D eigenvalue weighted by Gasteiger charge is 2.15. The van der Waals surface area contributed by atoms with E-state index in [1.54, 1.807) is 12.4 Å². The minimum Gasteiger partial charge on any atom is -0.488 e. The fraction of sp³-hybridized carbons (Fsp3) is 0.429. The first-order chi connectivity index (χ1) is 12.5. The average molecular weight is 355 g/mol. The van der Waals surface area contributed by atoms with Gasteiger partial charge in [0, 0.05) is 36.1 Å². The van der Waals surface area contributed by atoms with Crippen LogP contribution in [-0.2, 0) is 6.61 Å². The van der Waals surface area contributed by atoms with Crippen molar-refractivity contribution in [3.8, 4) is 5.75 Å². The van der Waals surface area contributed by atoms with Crippen LogP contribution in [0.15, 0.2) is 36.7 Å². The quantitative estimate of drug-likeness (QED) is 0.721. The van der Waals surface area contributed by atoms with Crippen molar-refractivity contribution in [1.82, 2.24) is 10.3 Å². The lowest BCUT2D eigenvalue weighted by atomic mass is 10.0. The smallest absolute Gasteiger partial charge is 0.251 e. The van der Waals surface area contributed by atoms with Crippen LogP contribution in [0.25, 0.3) is 0 Å². The number of hydrogen-bond acceptors (Lipinski definition) is 4. The molecule has 0 radical (unpaired) electrons. The summed E-state index contributed by atoms with van der Waals surface area (Å²) in [5.74, 6) is 0.730. The van der Waals surface area contributed by atoms with Crippen molar-refractivity contribution in [2.75, 3.05) is 6.54 Å². The number of amides is 1. The highest BCUT2D eigenvalue weighted by molar-refractivity contribution is 5.95. The summed E-state index contributed by atoms with van der Waals surface area (Å²) in [6, 6.07) is 7.62. The van der Waals surface area contributed by atoms with Gasteiger partial charge in [0.25, 0.3) is 5.91 Å². The zero-order chi connectivity index (χ0) is 18.9. The zero-order valence-electron chi connectivity index (χ0n) is 15.9. The minimum absolute atomic E-state index is 0.0181. The molecule has 2 rings (SSSR count). The van der Waals surface area contributed by atoms with E-state index in [9.17, 15) is 4.79 Å². The summed E-state index contributed by atoms with van der Waals surface area (Å²) in [6.45, 7) is 6.95. The second-order valence-electron chi connectivity index (χ2n) is 6.64. The molecular formula is C21H29N3O2. The molecule has 1 atom stereocenters. The van der Waals surface area contributed by atoms with Crippen molar-refractivity contribution < 1.29 is 9.53 Å². The first-order valence-electron chi connectivity index (χ1n) is 9.19. The Labute approximate surface area is 156 Å². The summed E-state index contributed by atoms with van der Waals surface area (Å²) >= 11 is 0. The van der Waals surface area contributed by atoms with Gasteiger partial charge in [-0.1, -0.05) is 25.8 Å². The van der Waals surface area contributed by atoms with E-state index in [1.807, 2.05) is 38.1 Å². The van der Waals surface area contributed by atoms with Crippen LogP contribution < -0.4 is 15.8 Å². The fourth-order valence-corrected chi connectivity index (χ4v) is 2.92. The third kappa shape index (κ3) is 5.56. The maximum absolute atomic E-state index is 12.6. The van der Waals surface area contributed by atoms with E-state index in [0.29, 0.717) is 18.7 Å². The number of nitrogens with zero attached hydrogens (tertiary/aromatic N) is 1. The molecule has 0 spiro atoms. The van der Waals surface area contributed by atoms with E-state index < -0.39 is 0 Å². The molecule has 0 saturated heterocycles. The molecule has 0 saturated carbocycles. The lowest BCUT2D eigenvalue weighted by Crippen LogP contribution is -2.40. The molecule has 0 bridgehead atoms. The maximum Gasteiger partial charge on any atom is 0.251 e. The Balaban J connectivity index is 2.06. The van der Waals surface area contributed by atoms with Gasteiger partial charge in [0.1, 0.15) is 12.4 Å². The van der Waals surface area contributed by atoms with Gasteiger partial charge in [0.15, 0.2) is 0 Å². The van der Waals surface area contributed by atoms with E-state index in [1.165, 1.54) is 0 Å². The molecule has 0 aliphatic heterocycles. The van der Waals surface area contributed by atoms with E-state index >= 15 is 0 Å². The van der Waals surface area contributed by atoms with Gasteiger partial charge in [-0.25, -0.2) is 0 Å². The average Bonchev–Trinajstić information content (AvgIpc) is 2.65. The van der Waals surface area contributed by atoms with Crippen molar-refractivity contribution in [3.63, 3.8) is 0 Å². The Bertz CT molecular complexity index is 693. The largest absolute Gasteiger partial charge is 0.488 e. The van der Waals surface area contributed by atoms with Crippen molar-refractivity contribution in [3.05, 3.63) is 58.9 Å².